The normalized spacial score (nSPS) is 13.9. The van der Waals surface area contributed by atoms with Gasteiger partial charge in [-0.15, -0.1) is 0 Å². The maximum Gasteiger partial charge on any atom is 0.321 e. The first-order chi connectivity index (χ1) is 12.5. The van der Waals surface area contributed by atoms with Crippen LogP contribution in [-0.2, 0) is 10.0 Å². The SMILES string of the molecule is O=C1NCCN1c1ccc(C#CCNS(=O)(=O)c2ccc(F)cc2)cc1. The van der Waals surface area contributed by atoms with Crippen LogP contribution in [-0.4, -0.2) is 34.1 Å². The molecule has 134 valence electrons. The lowest BCUT2D eigenvalue weighted by Gasteiger charge is -2.13. The fraction of sp³-hybridized carbons (Fsp3) is 0.167. The molecular formula is C18H16FN3O3S. The molecule has 1 heterocycles. The van der Waals surface area contributed by atoms with Crippen LogP contribution < -0.4 is 14.9 Å². The van der Waals surface area contributed by atoms with Crippen LogP contribution in [0.4, 0.5) is 14.9 Å². The lowest BCUT2D eigenvalue weighted by Crippen LogP contribution is -2.27. The third-order valence-electron chi connectivity index (χ3n) is 3.74. The van der Waals surface area contributed by atoms with Gasteiger partial charge in [-0.3, -0.25) is 4.90 Å². The van der Waals surface area contributed by atoms with Crippen molar-refractivity contribution in [3.8, 4) is 11.8 Å². The van der Waals surface area contributed by atoms with Crippen molar-refractivity contribution in [3.05, 3.63) is 59.9 Å². The van der Waals surface area contributed by atoms with E-state index in [0.29, 0.717) is 18.7 Å². The molecular weight excluding hydrogens is 357 g/mol. The molecule has 0 spiro atoms. The van der Waals surface area contributed by atoms with Gasteiger partial charge in [-0.2, -0.15) is 4.72 Å². The van der Waals surface area contributed by atoms with Crippen molar-refractivity contribution in [1.82, 2.24) is 10.0 Å². The maximum absolute atomic E-state index is 12.9. The Morgan fingerprint density at radius 1 is 1.12 bits per heavy atom. The third kappa shape index (κ3) is 4.20. The first-order valence-electron chi connectivity index (χ1n) is 7.85. The fourth-order valence-electron chi connectivity index (χ4n) is 2.42. The first kappa shape index (κ1) is 17.9. The second-order valence-corrected chi connectivity index (χ2v) is 7.28. The monoisotopic (exact) mass is 373 g/mol. The predicted molar refractivity (Wildman–Crippen MR) is 95.7 cm³/mol. The predicted octanol–water partition coefficient (Wildman–Crippen LogP) is 1.69. The molecule has 26 heavy (non-hydrogen) atoms. The van der Waals surface area contributed by atoms with E-state index in [9.17, 15) is 17.6 Å². The van der Waals surface area contributed by atoms with Crippen LogP contribution in [0.2, 0.25) is 0 Å². The average molecular weight is 373 g/mol. The van der Waals surface area contributed by atoms with Gasteiger partial charge in [0.1, 0.15) is 5.82 Å². The minimum atomic E-state index is -3.73. The Kier molecular flexibility index (Phi) is 5.21. The highest BCUT2D eigenvalue weighted by molar-refractivity contribution is 7.89. The molecule has 1 aliphatic rings. The van der Waals surface area contributed by atoms with Gasteiger partial charge in [0.15, 0.2) is 0 Å². The number of amides is 2. The minimum absolute atomic E-state index is 0.0195. The molecule has 1 fully saturated rings. The number of hydrogen-bond donors (Lipinski definition) is 2. The van der Waals surface area contributed by atoms with E-state index in [0.717, 1.165) is 17.8 Å². The average Bonchev–Trinajstić information content (AvgIpc) is 3.06. The molecule has 2 N–H and O–H groups in total. The van der Waals surface area contributed by atoms with Crippen LogP contribution in [0.5, 0.6) is 0 Å². The van der Waals surface area contributed by atoms with Gasteiger partial charge >= 0.3 is 6.03 Å². The second kappa shape index (κ2) is 7.56. The standard InChI is InChI=1S/C18H16FN3O3S/c19-15-5-9-17(10-6-15)26(24,25)21-11-1-2-14-3-7-16(8-4-14)22-13-12-20-18(22)23/h3-10,21H,11-13H2,(H,20,23). The van der Waals surface area contributed by atoms with Crippen molar-refractivity contribution in [3.63, 3.8) is 0 Å². The van der Waals surface area contributed by atoms with Gasteiger partial charge in [0.25, 0.3) is 0 Å². The molecule has 0 atom stereocenters. The molecule has 0 saturated carbocycles. The molecule has 2 amide bonds. The number of anilines is 1. The highest BCUT2D eigenvalue weighted by atomic mass is 32.2. The maximum atomic E-state index is 12.9. The van der Waals surface area contributed by atoms with Crippen LogP contribution in [0, 0.1) is 17.7 Å². The summed E-state index contributed by atoms with van der Waals surface area (Å²) >= 11 is 0. The number of carbonyl (C=O) groups is 1. The molecule has 1 aliphatic heterocycles. The molecule has 0 aromatic heterocycles. The Balaban J connectivity index is 1.59. The third-order valence-corrected chi connectivity index (χ3v) is 5.16. The Morgan fingerprint density at radius 2 is 1.81 bits per heavy atom. The second-order valence-electron chi connectivity index (χ2n) is 5.51. The molecule has 8 heteroatoms. The van der Waals surface area contributed by atoms with Crippen molar-refractivity contribution in [2.75, 3.05) is 24.5 Å². The van der Waals surface area contributed by atoms with Gasteiger partial charge in [-0.05, 0) is 48.5 Å². The van der Waals surface area contributed by atoms with Crippen molar-refractivity contribution in [2.45, 2.75) is 4.90 Å². The largest absolute Gasteiger partial charge is 0.336 e. The zero-order chi connectivity index (χ0) is 18.6. The van der Waals surface area contributed by atoms with Crippen molar-refractivity contribution in [1.29, 1.82) is 0 Å². The van der Waals surface area contributed by atoms with E-state index in [1.165, 1.54) is 12.1 Å². The molecule has 0 radical (unpaired) electrons. The number of nitrogens with one attached hydrogen (secondary N) is 2. The lowest BCUT2D eigenvalue weighted by molar-refractivity contribution is 0.252. The highest BCUT2D eigenvalue weighted by Crippen LogP contribution is 2.16. The fourth-order valence-corrected chi connectivity index (χ4v) is 3.34. The highest BCUT2D eigenvalue weighted by Gasteiger charge is 2.20. The van der Waals surface area contributed by atoms with Crippen LogP contribution in [0.25, 0.3) is 0 Å². The Hall–Kier alpha value is -2.89. The quantitative estimate of drug-likeness (QED) is 0.801. The van der Waals surface area contributed by atoms with E-state index in [4.69, 9.17) is 0 Å². The number of hydrogen-bond acceptors (Lipinski definition) is 3. The molecule has 6 nitrogen and oxygen atoms in total. The summed E-state index contributed by atoms with van der Waals surface area (Å²) < 4.78 is 39.3. The molecule has 0 bridgehead atoms. The summed E-state index contributed by atoms with van der Waals surface area (Å²) in [6.07, 6.45) is 0. The van der Waals surface area contributed by atoms with Crippen LogP contribution in [0.15, 0.2) is 53.4 Å². The van der Waals surface area contributed by atoms with E-state index in [1.807, 2.05) is 0 Å². The Morgan fingerprint density at radius 3 is 2.42 bits per heavy atom. The molecule has 2 aromatic carbocycles. The summed E-state index contributed by atoms with van der Waals surface area (Å²) in [7, 11) is -3.73. The van der Waals surface area contributed by atoms with E-state index in [1.54, 1.807) is 29.2 Å². The van der Waals surface area contributed by atoms with E-state index in [2.05, 4.69) is 21.9 Å². The minimum Gasteiger partial charge on any atom is -0.336 e. The summed E-state index contributed by atoms with van der Waals surface area (Å²) in [5.74, 6) is 5.08. The summed E-state index contributed by atoms with van der Waals surface area (Å²) in [5, 5.41) is 2.73. The number of nitrogens with zero attached hydrogens (tertiary/aromatic N) is 1. The summed E-state index contributed by atoms with van der Waals surface area (Å²) in [4.78, 5) is 13.2. The van der Waals surface area contributed by atoms with Gasteiger partial charge < -0.3 is 5.32 Å². The van der Waals surface area contributed by atoms with Crippen molar-refractivity contribution >= 4 is 21.7 Å². The molecule has 3 rings (SSSR count). The van der Waals surface area contributed by atoms with E-state index >= 15 is 0 Å². The van der Waals surface area contributed by atoms with Crippen LogP contribution in [0.3, 0.4) is 0 Å². The number of halogens is 1. The smallest absolute Gasteiger partial charge is 0.321 e. The number of urea groups is 1. The molecule has 1 saturated heterocycles. The molecule has 0 aliphatic carbocycles. The first-order valence-corrected chi connectivity index (χ1v) is 9.33. The summed E-state index contributed by atoms with van der Waals surface area (Å²) in [6, 6.07) is 11.5. The summed E-state index contributed by atoms with van der Waals surface area (Å²) in [6.45, 7) is 1.17. The number of carbonyl (C=O) groups excluding carboxylic acids is 1. The van der Waals surface area contributed by atoms with Crippen molar-refractivity contribution < 1.29 is 17.6 Å². The van der Waals surface area contributed by atoms with Crippen LogP contribution >= 0.6 is 0 Å². The van der Waals surface area contributed by atoms with Crippen molar-refractivity contribution in [2.24, 2.45) is 0 Å². The van der Waals surface area contributed by atoms with E-state index < -0.39 is 15.8 Å². The van der Waals surface area contributed by atoms with E-state index in [-0.39, 0.29) is 17.5 Å². The number of sulfonamides is 1. The number of benzene rings is 2. The van der Waals surface area contributed by atoms with Gasteiger partial charge in [0, 0.05) is 24.3 Å². The van der Waals surface area contributed by atoms with Crippen LogP contribution in [0.1, 0.15) is 5.56 Å². The zero-order valence-corrected chi connectivity index (χ0v) is 14.5. The van der Waals surface area contributed by atoms with Gasteiger partial charge in [-0.1, -0.05) is 11.8 Å². The zero-order valence-electron chi connectivity index (χ0n) is 13.7. The molecule has 0 unspecified atom stereocenters. The van der Waals surface area contributed by atoms with Gasteiger partial charge in [0.05, 0.1) is 11.4 Å². The topological polar surface area (TPSA) is 78.5 Å². The Bertz CT molecular complexity index is 961. The number of rotatable bonds is 4. The lowest BCUT2D eigenvalue weighted by atomic mass is 10.2. The van der Waals surface area contributed by atoms with Gasteiger partial charge in [-0.25, -0.2) is 17.6 Å². The summed E-state index contributed by atoms with van der Waals surface area (Å²) in [5.41, 5.74) is 1.48. The van der Waals surface area contributed by atoms with Gasteiger partial charge in [0.2, 0.25) is 10.0 Å². The molecule has 2 aromatic rings. The Labute approximate surface area is 151 Å².